The molecule has 3 rings (SSSR count). The smallest absolute Gasteiger partial charge is 0.410 e. The van der Waals surface area contributed by atoms with Crippen LogP contribution in [0.5, 0.6) is 0 Å². The predicted octanol–water partition coefficient (Wildman–Crippen LogP) is 3.32. The van der Waals surface area contributed by atoms with E-state index in [1.165, 1.54) is 0 Å². The van der Waals surface area contributed by atoms with E-state index in [-0.39, 0.29) is 26.2 Å². The molecule has 9 heteroatoms. The van der Waals surface area contributed by atoms with E-state index in [1.54, 1.807) is 67.6 Å². The lowest BCUT2D eigenvalue weighted by molar-refractivity contribution is -0.149. The van der Waals surface area contributed by atoms with Crippen molar-refractivity contribution in [2.45, 2.75) is 44.4 Å². The topological polar surface area (TPSA) is 84.9 Å². The third kappa shape index (κ3) is 6.27. The van der Waals surface area contributed by atoms with Gasteiger partial charge in [0.15, 0.2) is 6.04 Å². The maximum absolute atomic E-state index is 14.6. The minimum Gasteiger partial charge on any atom is -0.464 e. The standard InChI is InChI=1S/C24H26F2N2O5/c1-2-32-22(30)19(15-17-9-5-3-6-10-17)27-21(29)20-24(25,26)13-14-28(20)23(31)33-16-18-11-7-4-8-12-18/h3-12,19-20H,2,13-16H2,1H3,(H,27,29)/t19-,20-/m1/s1. The number of halogens is 2. The summed E-state index contributed by atoms with van der Waals surface area (Å²) in [6.45, 7) is 1.21. The zero-order valence-corrected chi connectivity index (χ0v) is 18.2. The summed E-state index contributed by atoms with van der Waals surface area (Å²) >= 11 is 0. The Hall–Kier alpha value is -3.49. The van der Waals surface area contributed by atoms with Crippen LogP contribution in [-0.2, 0) is 32.1 Å². The molecule has 1 heterocycles. The number of nitrogens with one attached hydrogen (secondary N) is 1. The molecule has 1 saturated heterocycles. The van der Waals surface area contributed by atoms with Gasteiger partial charge < -0.3 is 14.8 Å². The molecule has 2 amide bonds. The predicted molar refractivity (Wildman–Crippen MR) is 115 cm³/mol. The van der Waals surface area contributed by atoms with Gasteiger partial charge >= 0.3 is 12.1 Å². The van der Waals surface area contributed by atoms with Crippen molar-refractivity contribution in [3.05, 3.63) is 71.8 Å². The Bertz CT molecular complexity index is 956. The van der Waals surface area contributed by atoms with Crippen LogP contribution < -0.4 is 5.32 Å². The van der Waals surface area contributed by atoms with Crippen molar-refractivity contribution in [2.75, 3.05) is 13.2 Å². The number of hydrogen-bond acceptors (Lipinski definition) is 5. The van der Waals surface area contributed by atoms with Crippen molar-refractivity contribution in [1.29, 1.82) is 0 Å². The van der Waals surface area contributed by atoms with Gasteiger partial charge in [-0.15, -0.1) is 0 Å². The zero-order valence-electron chi connectivity index (χ0n) is 18.2. The van der Waals surface area contributed by atoms with Crippen LogP contribution >= 0.6 is 0 Å². The van der Waals surface area contributed by atoms with E-state index >= 15 is 0 Å². The molecule has 2 aromatic carbocycles. The van der Waals surface area contributed by atoms with Gasteiger partial charge in [0.25, 0.3) is 5.92 Å². The second kappa shape index (κ2) is 10.9. The molecule has 0 spiro atoms. The van der Waals surface area contributed by atoms with E-state index < -0.39 is 42.4 Å². The number of esters is 1. The van der Waals surface area contributed by atoms with Gasteiger partial charge in [-0.25, -0.2) is 18.4 Å². The fourth-order valence-corrected chi connectivity index (χ4v) is 3.63. The van der Waals surface area contributed by atoms with Crippen LogP contribution in [0.25, 0.3) is 0 Å². The largest absolute Gasteiger partial charge is 0.464 e. The quantitative estimate of drug-likeness (QED) is 0.611. The van der Waals surface area contributed by atoms with Gasteiger partial charge in [0.1, 0.15) is 12.6 Å². The first-order valence-electron chi connectivity index (χ1n) is 10.7. The van der Waals surface area contributed by atoms with Crippen molar-refractivity contribution in [3.63, 3.8) is 0 Å². The molecule has 0 bridgehead atoms. The average molecular weight is 460 g/mol. The molecule has 7 nitrogen and oxygen atoms in total. The Labute approximate surface area is 190 Å². The molecule has 2 aromatic rings. The maximum Gasteiger partial charge on any atom is 0.410 e. The highest BCUT2D eigenvalue weighted by Gasteiger charge is 2.55. The highest BCUT2D eigenvalue weighted by atomic mass is 19.3. The van der Waals surface area contributed by atoms with E-state index in [0.29, 0.717) is 16.0 Å². The number of hydrogen-bond donors (Lipinski definition) is 1. The molecule has 1 aliphatic rings. The SMILES string of the molecule is CCOC(=O)[C@@H](Cc1ccccc1)NC(=O)[C@H]1N(C(=O)OCc2ccccc2)CCC1(F)F. The molecule has 1 N–H and O–H groups in total. The summed E-state index contributed by atoms with van der Waals surface area (Å²) in [4.78, 5) is 38.6. The summed E-state index contributed by atoms with van der Waals surface area (Å²) < 4.78 is 39.4. The summed E-state index contributed by atoms with van der Waals surface area (Å²) in [6.07, 6.45) is -1.65. The molecule has 1 aliphatic heterocycles. The van der Waals surface area contributed by atoms with Gasteiger partial charge in [0.05, 0.1) is 6.61 Å². The van der Waals surface area contributed by atoms with Crippen LogP contribution in [-0.4, -0.2) is 54.0 Å². The molecular weight excluding hydrogens is 434 g/mol. The highest BCUT2D eigenvalue weighted by Crippen LogP contribution is 2.34. The highest BCUT2D eigenvalue weighted by molar-refractivity contribution is 5.91. The second-order valence-corrected chi connectivity index (χ2v) is 7.65. The van der Waals surface area contributed by atoms with Crippen molar-refractivity contribution in [3.8, 4) is 0 Å². The number of alkyl halides is 2. The monoisotopic (exact) mass is 460 g/mol. The lowest BCUT2D eigenvalue weighted by Crippen LogP contribution is -2.56. The van der Waals surface area contributed by atoms with Crippen LogP contribution in [0.2, 0.25) is 0 Å². The second-order valence-electron chi connectivity index (χ2n) is 7.65. The first-order chi connectivity index (χ1) is 15.8. The van der Waals surface area contributed by atoms with Gasteiger partial charge in [0, 0.05) is 19.4 Å². The summed E-state index contributed by atoms with van der Waals surface area (Å²) in [5.74, 6) is -5.35. The van der Waals surface area contributed by atoms with Crippen molar-refractivity contribution in [2.24, 2.45) is 0 Å². The van der Waals surface area contributed by atoms with Crippen molar-refractivity contribution >= 4 is 18.0 Å². The van der Waals surface area contributed by atoms with Gasteiger partial charge in [-0.05, 0) is 18.1 Å². The van der Waals surface area contributed by atoms with Gasteiger partial charge in [-0.2, -0.15) is 0 Å². The molecule has 176 valence electrons. The van der Waals surface area contributed by atoms with E-state index in [4.69, 9.17) is 9.47 Å². The number of carbonyl (C=O) groups excluding carboxylic acids is 3. The Morgan fingerprint density at radius 1 is 1.03 bits per heavy atom. The van der Waals surface area contributed by atoms with Crippen LogP contribution in [0.3, 0.4) is 0 Å². The molecule has 0 radical (unpaired) electrons. The number of amides is 2. The molecule has 0 unspecified atom stereocenters. The Kier molecular flexibility index (Phi) is 7.97. The normalized spacial score (nSPS) is 17.8. The van der Waals surface area contributed by atoms with Gasteiger partial charge in [-0.1, -0.05) is 60.7 Å². The van der Waals surface area contributed by atoms with Crippen LogP contribution in [0.15, 0.2) is 60.7 Å². The lowest BCUT2D eigenvalue weighted by atomic mass is 10.0. The number of benzene rings is 2. The number of likely N-dealkylation sites (tertiary alicyclic amines) is 1. The third-order valence-electron chi connectivity index (χ3n) is 5.26. The fraction of sp³-hybridized carbons (Fsp3) is 0.375. The summed E-state index contributed by atoms with van der Waals surface area (Å²) in [7, 11) is 0. The first kappa shape index (κ1) is 24.2. The Balaban J connectivity index is 1.72. The summed E-state index contributed by atoms with van der Waals surface area (Å²) in [5, 5.41) is 2.36. The number of nitrogens with zero attached hydrogens (tertiary/aromatic N) is 1. The van der Waals surface area contributed by atoms with Gasteiger partial charge in [-0.3, -0.25) is 9.69 Å². The third-order valence-corrected chi connectivity index (χ3v) is 5.26. The molecule has 0 aliphatic carbocycles. The van der Waals surface area contributed by atoms with E-state index in [9.17, 15) is 23.2 Å². The molecular formula is C24H26F2N2O5. The number of ether oxygens (including phenoxy) is 2. The molecule has 0 aromatic heterocycles. The summed E-state index contributed by atoms with van der Waals surface area (Å²) in [6, 6.07) is 14.3. The molecule has 33 heavy (non-hydrogen) atoms. The van der Waals surface area contributed by atoms with Crippen LogP contribution in [0, 0.1) is 0 Å². The van der Waals surface area contributed by atoms with E-state index in [0.717, 1.165) is 0 Å². The van der Waals surface area contributed by atoms with Crippen LogP contribution in [0.1, 0.15) is 24.5 Å². The zero-order chi connectivity index (χ0) is 23.8. The van der Waals surface area contributed by atoms with E-state index in [1.807, 2.05) is 0 Å². The summed E-state index contributed by atoms with van der Waals surface area (Å²) in [5.41, 5.74) is 1.40. The van der Waals surface area contributed by atoms with Crippen LogP contribution in [0.4, 0.5) is 13.6 Å². The van der Waals surface area contributed by atoms with Gasteiger partial charge in [0.2, 0.25) is 5.91 Å². The van der Waals surface area contributed by atoms with Crippen molar-refractivity contribution in [1.82, 2.24) is 10.2 Å². The molecule has 2 atom stereocenters. The minimum atomic E-state index is -3.47. The first-order valence-corrected chi connectivity index (χ1v) is 10.7. The molecule has 1 fully saturated rings. The average Bonchev–Trinajstić information content (AvgIpc) is 3.13. The lowest BCUT2D eigenvalue weighted by Gasteiger charge is -2.28. The van der Waals surface area contributed by atoms with Crippen molar-refractivity contribution < 1.29 is 32.6 Å². The number of rotatable bonds is 8. The molecule has 0 saturated carbocycles. The minimum absolute atomic E-state index is 0.0577. The Morgan fingerprint density at radius 3 is 2.24 bits per heavy atom. The van der Waals surface area contributed by atoms with E-state index in [2.05, 4.69) is 5.32 Å². The Morgan fingerprint density at radius 2 is 1.64 bits per heavy atom. The fourth-order valence-electron chi connectivity index (χ4n) is 3.63. The maximum atomic E-state index is 14.6. The number of carbonyl (C=O) groups is 3.